The van der Waals surface area contributed by atoms with Gasteiger partial charge < -0.3 is 9.47 Å². The first-order valence-corrected chi connectivity index (χ1v) is 4.19. The molecule has 0 spiro atoms. The Balaban J connectivity index is 1.66. The van der Waals surface area contributed by atoms with E-state index in [-0.39, 0.29) is 6.67 Å². The minimum atomic E-state index is -0.203. The molecule has 1 fully saturated rings. The van der Waals surface area contributed by atoms with Crippen LogP contribution in [-0.4, -0.2) is 32.6 Å². The van der Waals surface area contributed by atoms with Gasteiger partial charge in [0.1, 0.15) is 6.10 Å². The SMILES string of the molecule is FCCCCCOCC1CO1. The third-order valence-electron chi connectivity index (χ3n) is 1.63. The number of epoxide rings is 1. The third-order valence-corrected chi connectivity index (χ3v) is 1.63. The molecule has 11 heavy (non-hydrogen) atoms. The summed E-state index contributed by atoms with van der Waals surface area (Å²) >= 11 is 0. The Morgan fingerprint density at radius 3 is 2.82 bits per heavy atom. The molecule has 0 aliphatic carbocycles. The fourth-order valence-electron chi connectivity index (χ4n) is 0.854. The van der Waals surface area contributed by atoms with E-state index in [9.17, 15) is 4.39 Å². The lowest BCUT2D eigenvalue weighted by Gasteiger charge is -1.99. The lowest BCUT2D eigenvalue weighted by molar-refractivity contribution is 0.112. The molecule has 0 N–H and O–H groups in total. The fourth-order valence-corrected chi connectivity index (χ4v) is 0.854. The van der Waals surface area contributed by atoms with Gasteiger partial charge in [-0.1, -0.05) is 0 Å². The summed E-state index contributed by atoms with van der Waals surface area (Å²) < 4.78 is 21.8. The predicted octanol–water partition coefficient (Wildman–Crippen LogP) is 1.54. The number of hydrogen-bond acceptors (Lipinski definition) is 2. The minimum absolute atomic E-state index is 0.203. The van der Waals surface area contributed by atoms with E-state index in [0.29, 0.717) is 12.5 Å². The molecule has 1 heterocycles. The molecule has 0 aromatic heterocycles. The van der Waals surface area contributed by atoms with Crippen LogP contribution in [0.2, 0.25) is 0 Å². The summed E-state index contributed by atoms with van der Waals surface area (Å²) in [6, 6.07) is 0. The van der Waals surface area contributed by atoms with Gasteiger partial charge in [-0.2, -0.15) is 0 Å². The smallest absolute Gasteiger partial charge is 0.104 e. The van der Waals surface area contributed by atoms with Crippen molar-refractivity contribution in [3.8, 4) is 0 Å². The average molecular weight is 162 g/mol. The number of ether oxygens (including phenoxy) is 2. The van der Waals surface area contributed by atoms with Gasteiger partial charge in [-0.3, -0.25) is 4.39 Å². The summed E-state index contributed by atoms with van der Waals surface area (Å²) in [5.74, 6) is 0. The maximum absolute atomic E-state index is 11.6. The molecule has 1 aliphatic rings. The molecule has 1 atom stereocenters. The molecule has 1 rings (SSSR count). The topological polar surface area (TPSA) is 21.8 Å². The van der Waals surface area contributed by atoms with Crippen molar-refractivity contribution >= 4 is 0 Å². The van der Waals surface area contributed by atoms with Crippen LogP contribution in [0.25, 0.3) is 0 Å². The third kappa shape index (κ3) is 5.16. The highest BCUT2D eigenvalue weighted by Gasteiger charge is 2.21. The highest BCUT2D eigenvalue weighted by molar-refractivity contribution is 4.66. The number of halogens is 1. The summed E-state index contributed by atoms with van der Waals surface area (Å²) in [5, 5.41) is 0. The minimum Gasteiger partial charge on any atom is -0.379 e. The standard InChI is InChI=1S/C8H15FO2/c9-4-2-1-3-5-10-6-8-7-11-8/h8H,1-7H2. The quantitative estimate of drug-likeness (QED) is 0.418. The zero-order valence-electron chi connectivity index (χ0n) is 6.72. The van der Waals surface area contributed by atoms with Crippen molar-refractivity contribution in [2.24, 2.45) is 0 Å². The van der Waals surface area contributed by atoms with Crippen LogP contribution in [0.1, 0.15) is 19.3 Å². The second-order valence-corrected chi connectivity index (χ2v) is 2.78. The van der Waals surface area contributed by atoms with E-state index in [1.165, 1.54) is 0 Å². The van der Waals surface area contributed by atoms with Crippen LogP contribution in [0.3, 0.4) is 0 Å². The van der Waals surface area contributed by atoms with E-state index in [0.717, 1.165) is 32.7 Å². The molecule has 0 aromatic rings. The predicted molar refractivity (Wildman–Crippen MR) is 40.4 cm³/mol. The Morgan fingerprint density at radius 1 is 1.36 bits per heavy atom. The molecule has 2 nitrogen and oxygen atoms in total. The highest BCUT2D eigenvalue weighted by Crippen LogP contribution is 2.08. The van der Waals surface area contributed by atoms with Gasteiger partial charge in [0.25, 0.3) is 0 Å². The van der Waals surface area contributed by atoms with E-state index in [1.54, 1.807) is 0 Å². The van der Waals surface area contributed by atoms with Gasteiger partial charge in [-0.05, 0) is 19.3 Å². The van der Waals surface area contributed by atoms with E-state index in [4.69, 9.17) is 9.47 Å². The van der Waals surface area contributed by atoms with Crippen molar-refractivity contribution in [2.75, 3.05) is 26.5 Å². The molecule has 0 saturated carbocycles. The number of alkyl halides is 1. The average Bonchev–Trinajstić information content (AvgIpc) is 2.80. The largest absolute Gasteiger partial charge is 0.379 e. The van der Waals surface area contributed by atoms with Crippen molar-refractivity contribution in [2.45, 2.75) is 25.4 Å². The Bertz CT molecular complexity index is 94.1. The number of rotatable bonds is 7. The van der Waals surface area contributed by atoms with E-state index in [1.807, 2.05) is 0 Å². The highest BCUT2D eigenvalue weighted by atomic mass is 19.1. The summed E-state index contributed by atoms with van der Waals surface area (Å²) in [6.45, 7) is 2.12. The summed E-state index contributed by atoms with van der Waals surface area (Å²) in [7, 11) is 0. The Hall–Kier alpha value is -0.150. The Kier molecular flexibility index (Phi) is 4.47. The lowest BCUT2D eigenvalue weighted by atomic mass is 10.2. The van der Waals surface area contributed by atoms with Crippen molar-refractivity contribution in [1.29, 1.82) is 0 Å². The first-order valence-electron chi connectivity index (χ1n) is 4.19. The van der Waals surface area contributed by atoms with Crippen LogP contribution in [0.4, 0.5) is 4.39 Å². The van der Waals surface area contributed by atoms with E-state index >= 15 is 0 Å². The molecule has 1 unspecified atom stereocenters. The number of unbranched alkanes of at least 4 members (excludes halogenated alkanes) is 2. The Morgan fingerprint density at radius 2 is 2.18 bits per heavy atom. The van der Waals surface area contributed by atoms with Crippen LogP contribution < -0.4 is 0 Å². The van der Waals surface area contributed by atoms with Gasteiger partial charge in [-0.15, -0.1) is 0 Å². The van der Waals surface area contributed by atoms with E-state index in [2.05, 4.69) is 0 Å². The molecular weight excluding hydrogens is 147 g/mol. The maximum Gasteiger partial charge on any atom is 0.104 e. The Labute approximate surface area is 66.7 Å². The molecule has 0 bridgehead atoms. The second-order valence-electron chi connectivity index (χ2n) is 2.78. The first kappa shape index (κ1) is 8.94. The molecule has 0 radical (unpaired) electrons. The van der Waals surface area contributed by atoms with Gasteiger partial charge in [0.2, 0.25) is 0 Å². The molecule has 0 aromatic carbocycles. The number of hydrogen-bond donors (Lipinski definition) is 0. The molecule has 66 valence electrons. The summed E-state index contributed by atoms with van der Waals surface area (Å²) in [4.78, 5) is 0. The zero-order chi connectivity index (χ0) is 7.94. The van der Waals surface area contributed by atoms with Gasteiger partial charge >= 0.3 is 0 Å². The van der Waals surface area contributed by atoms with Crippen LogP contribution in [-0.2, 0) is 9.47 Å². The van der Waals surface area contributed by atoms with Gasteiger partial charge in [0.15, 0.2) is 0 Å². The summed E-state index contributed by atoms with van der Waals surface area (Å²) in [6.07, 6.45) is 2.93. The van der Waals surface area contributed by atoms with Crippen molar-refractivity contribution in [3.05, 3.63) is 0 Å². The second kappa shape index (κ2) is 5.49. The van der Waals surface area contributed by atoms with Crippen LogP contribution >= 0.6 is 0 Å². The molecule has 1 saturated heterocycles. The van der Waals surface area contributed by atoms with Crippen LogP contribution in [0, 0.1) is 0 Å². The van der Waals surface area contributed by atoms with Gasteiger partial charge in [0, 0.05) is 6.61 Å². The fraction of sp³-hybridized carbons (Fsp3) is 1.00. The van der Waals surface area contributed by atoms with Crippen molar-refractivity contribution < 1.29 is 13.9 Å². The van der Waals surface area contributed by atoms with Crippen molar-refractivity contribution in [1.82, 2.24) is 0 Å². The van der Waals surface area contributed by atoms with Gasteiger partial charge in [0.05, 0.1) is 19.9 Å². The lowest BCUT2D eigenvalue weighted by Crippen LogP contribution is -2.02. The normalized spacial score (nSPS) is 22.1. The van der Waals surface area contributed by atoms with Crippen LogP contribution in [0.15, 0.2) is 0 Å². The summed E-state index contributed by atoms with van der Waals surface area (Å²) in [5.41, 5.74) is 0. The first-order chi connectivity index (χ1) is 5.43. The monoisotopic (exact) mass is 162 g/mol. The van der Waals surface area contributed by atoms with Crippen molar-refractivity contribution in [3.63, 3.8) is 0 Å². The molecular formula is C8H15FO2. The maximum atomic E-state index is 11.6. The molecule has 0 amide bonds. The molecule has 1 aliphatic heterocycles. The zero-order valence-corrected chi connectivity index (χ0v) is 6.72. The van der Waals surface area contributed by atoms with Crippen LogP contribution in [0.5, 0.6) is 0 Å². The molecule has 3 heteroatoms. The van der Waals surface area contributed by atoms with Gasteiger partial charge in [-0.25, -0.2) is 0 Å². The van der Waals surface area contributed by atoms with E-state index < -0.39 is 0 Å².